The van der Waals surface area contributed by atoms with Gasteiger partial charge in [-0.15, -0.1) is 0 Å². The summed E-state index contributed by atoms with van der Waals surface area (Å²) in [5, 5.41) is 0. The first kappa shape index (κ1) is 20.8. The van der Waals surface area contributed by atoms with E-state index in [1.165, 1.54) is 57.8 Å². The molecule has 0 heterocycles. The normalized spacial score (nSPS) is 9.89. The molecule has 0 atom stereocenters. The predicted octanol–water partition coefficient (Wildman–Crippen LogP) is 4.21. The molecule has 0 unspecified atom stereocenters. The Hall–Kier alpha value is 0.470. The summed E-state index contributed by atoms with van der Waals surface area (Å²) in [6.07, 6.45) is 13.7. The molecular formula is C15H31NaO2. The Morgan fingerprint density at radius 1 is 0.778 bits per heavy atom. The van der Waals surface area contributed by atoms with Crippen molar-refractivity contribution in [2.75, 3.05) is 6.61 Å². The zero-order chi connectivity index (χ0) is 12.8. The van der Waals surface area contributed by atoms with Crippen LogP contribution in [0.5, 0.6) is 0 Å². The molecule has 2 nitrogen and oxygen atoms in total. The van der Waals surface area contributed by atoms with Crippen LogP contribution in [0.2, 0.25) is 0 Å². The summed E-state index contributed by atoms with van der Waals surface area (Å²) in [5.74, 6) is -0.0686. The third-order valence-electron chi connectivity index (χ3n) is 3.05. The van der Waals surface area contributed by atoms with Gasteiger partial charge in [-0.1, -0.05) is 71.6 Å². The summed E-state index contributed by atoms with van der Waals surface area (Å²) in [6, 6.07) is 0. The maximum absolute atomic E-state index is 10.8. The molecule has 0 aromatic rings. The second-order valence-electron chi connectivity index (χ2n) is 4.76. The summed E-state index contributed by atoms with van der Waals surface area (Å²) in [4.78, 5) is 10.8. The van der Waals surface area contributed by atoms with Crippen molar-refractivity contribution >= 4 is 35.5 Å². The standard InChI is InChI=1S/C15H30O2.Na.H/c1-3-5-6-7-8-9-10-11-12-13-14-17-15(16)4-2;;/h3-14H2,1-2H3;;. The average molecular weight is 266 g/mol. The van der Waals surface area contributed by atoms with Gasteiger partial charge in [-0.2, -0.15) is 0 Å². The maximum atomic E-state index is 10.8. The number of hydrogen-bond acceptors (Lipinski definition) is 2. The van der Waals surface area contributed by atoms with Gasteiger partial charge in [-0.25, -0.2) is 0 Å². The van der Waals surface area contributed by atoms with Crippen molar-refractivity contribution in [2.24, 2.45) is 0 Å². The van der Waals surface area contributed by atoms with Gasteiger partial charge in [-0.3, -0.25) is 4.79 Å². The molecule has 0 saturated carbocycles. The number of unbranched alkanes of at least 4 members (excludes halogenated alkanes) is 9. The zero-order valence-electron chi connectivity index (χ0n) is 11.8. The van der Waals surface area contributed by atoms with E-state index in [0.717, 1.165) is 6.42 Å². The van der Waals surface area contributed by atoms with E-state index in [1.807, 2.05) is 6.92 Å². The van der Waals surface area contributed by atoms with E-state index in [2.05, 4.69) is 6.92 Å². The molecule has 0 aliphatic carbocycles. The van der Waals surface area contributed by atoms with Crippen molar-refractivity contribution in [1.82, 2.24) is 0 Å². The molecule has 0 aromatic carbocycles. The van der Waals surface area contributed by atoms with Crippen LogP contribution < -0.4 is 0 Å². The van der Waals surface area contributed by atoms with Gasteiger partial charge in [0.25, 0.3) is 0 Å². The van der Waals surface area contributed by atoms with Crippen molar-refractivity contribution < 1.29 is 9.53 Å². The molecule has 0 aliphatic heterocycles. The second kappa shape index (κ2) is 17.5. The fourth-order valence-corrected chi connectivity index (χ4v) is 1.88. The fraction of sp³-hybridized carbons (Fsp3) is 0.933. The SMILES string of the molecule is CCCCCCCCCCCCOC(=O)CC.[NaH]. The summed E-state index contributed by atoms with van der Waals surface area (Å²) in [6.45, 7) is 4.70. The topological polar surface area (TPSA) is 26.3 Å². The van der Waals surface area contributed by atoms with Crippen molar-refractivity contribution in [3.63, 3.8) is 0 Å². The Kier molecular flexibility index (Phi) is 20.2. The number of carbonyl (C=O) groups excluding carboxylic acids is 1. The Labute approximate surface area is 136 Å². The van der Waals surface area contributed by atoms with E-state index in [9.17, 15) is 4.79 Å². The van der Waals surface area contributed by atoms with Gasteiger partial charge in [0.05, 0.1) is 6.61 Å². The van der Waals surface area contributed by atoms with Crippen molar-refractivity contribution in [2.45, 2.75) is 84.5 Å². The van der Waals surface area contributed by atoms with Crippen LogP contribution in [0.1, 0.15) is 84.5 Å². The molecule has 18 heavy (non-hydrogen) atoms. The average Bonchev–Trinajstić information content (AvgIpc) is 2.35. The van der Waals surface area contributed by atoms with Crippen LogP contribution >= 0.6 is 0 Å². The molecular weight excluding hydrogens is 235 g/mol. The van der Waals surface area contributed by atoms with Gasteiger partial charge in [-0.05, 0) is 6.42 Å². The van der Waals surface area contributed by atoms with E-state index in [-0.39, 0.29) is 35.5 Å². The molecule has 0 saturated heterocycles. The van der Waals surface area contributed by atoms with Gasteiger partial charge in [0.15, 0.2) is 0 Å². The van der Waals surface area contributed by atoms with E-state index < -0.39 is 0 Å². The van der Waals surface area contributed by atoms with Crippen LogP contribution in [0, 0.1) is 0 Å². The Balaban J connectivity index is 0. The second-order valence-corrected chi connectivity index (χ2v) is 4.76. The third-order valence-corrected chi connectivity index (χ3v) is 3.05. The monoisotopic (exact) mass is 266 g/mol. The Morgan fingerprint density at radius 3 is 1.67 bits per heavy atom. The quantitative estimate of drug-likeness (QED) is 0.300. The van der Waals surface area contributed by atoms with Gasteiger partial charge in [0, 0.05) is 6.42 Å². The summed E-state index contributed by atoms with van der Waals surface area (Å²) in [7, 11) is 0. The van der Waals surface area contributed by atoms with Crippen molar-refractivity contribution in [1.29, 1.82) is 0 Å². The third kappa shape index (κ3) is 16.5. The molecule has 0 N–H and O–H groups in total. The molecule has 0 radical (unpaired) electrons. The summed E-state index contributed by atoms with van der Waals surface area (Å²) in [5.41, 5.74) is 0. The number of ether oxygens (including phenoxy) is 1. The van der Waals surface area contributed by atoms with E-state index in [0.29, 0.717) is 13.0 Å². The van der Waals surface area contributed by atoms with Crippen LogP contribution in [-0.2, 0) is 9.53 Å². The minimum absolute atomic E-state index is 0. The first-order chi connectivity index (χ1) is 8.31. The Bertz CT molecular complexity index is 172. The predicted molar refractivity (Wildman–Crippen MR) is 80.2 cm³/mol. The van der Waals surface area contributed by atoms with Crippen molar-refractivity contribution in [3.05, 3.63) is 0 Å². The molecule has 0 spiro atoms. The van der Waals surface area contributed by atoms with Crippen LogP contribution in [0.15, 0.2) is 0 Å². The molecule has 0 amide bonds. The minimum atomic E-state index is -0.0686. The van der Waals surface area contributed by atoms with E-state index in [1.54, 1.807) is 0 Å². The Morgan fingerprint density at radius 2 is 1.22 bits per heavy atom. The van der Waals surface area contributed by atoms with Crippen LogP contribution in [-0.4, -0.2) is 42.1 Å². The van der Waals surface area contributed by atoms with Gasteiger partial charge in [0.2, 0.25) is 0 Å². The first-order valence-corrected chi connectivity index (χ1v) is 7.46. The summed E-state index contributed by atoms with van der Waals surface area (Å²) >= 11 is 0. The van der Waals surface area contributed by atoms with Crippen molar-refractivity contribution in [3.8, 4) is 0 Å². The number of esters is 1. The number of carbonyl (C=O) groups is 1. The van der Waals surface area contributed by atoms with E-state index >= 15 is 0 Å². The number of rotatable bonds is 12. The molecule has 0 rings (SSSR count). The molecule has 0 bridgehead atoms. The summed E-state index contributed by atoms with van der Waals surface area (Å²) < 4.78 is 5.02. The van der Waals surface area contributed by atoms with Crippen LogP contribution in [0.4, 0.5) is 0 Å². The van der Waals surface area contributed by atoms with Gasteiger partial charge >= 0.3 is 35.5 Å². The molecule has 0 fully saturated rings. The first-order valence-electron chi connectivity index (χ1n) is 7.46. The molecule has 0 aliphatic rings. The van der Waals surface area contributed by atoms with Gasteiger partial charge < -0.3 is 4.74 Å². The van der Waals surface area contributed by atoms with E-state index in [4.69, 9.17) is 4.74 Å². The number of hydrogen-bond donors (Lipinski definition) is 0. The molecule has 104 valence electrons. The van der Waals surface area contributed by atoms with Gasteiger partial charge in [0.1, 0.15) is 0 Å². The molecule has 0 aromatic heterocycles. The molecule has 3 heteroatoms. The zero-order valence-corrected chi connectivity index (χ0v) is 11.8. The van der Waals surface area contributed by atoms with Crippen LogP contribution in [0.3, 0.4) is 0 Å². The van der Waals surface area contributed by atoms with Crippen LogP contribution in [0.25, 0.3) is 0 Å². The fourth-order valence-electron chi connectivity index (χ4n) is 1.88.